The predicted octanol–water partition coefficient (Wildman–Crippen LogP) is 3.08. The van der Waals surface area contributed by atoms with E-state index in [-0.39, 0.29) is 12.2 Å². The molecule has 2 N–H and O–H groups in total. The summed E-state index contributed by atoms with van der Waals surface area (Å²) < 4.78 is 26.4. The molecule has 23 heavy (non-hydrogen) atoms. The lowest BCUT2D eigenvalue weighted by atomic mass is 10.2. The quantitative estimate of drug-likeness (QED) is 0.889. The second-order valence-electron chi connectivity index (χ2n) is 4.79. The minimum Gasteiger partial charge on any atom is -0.480 e. The van der Waals surface area contributed by atoms with Crippen molar-refractivity contribution in [2.45, 2.75) is 6.54 Å². The first-order chi connectivity index (χ1) is 11.0. The third kappa shape index (κ3) is 4.77. The van der Waals surface area contributed by atoms with E-state index in [1.807, 2.05) is 0 Å². The second-order valence-corrected chi connectivity index (χ2v) is 4.79. The zero-order chi connectivity index (χ0) is 16.8. The van der Waals surface area contributed by atoms with E-state index in [0.29, 0.717) is 6.07 Å². The number of urea groups is 1. The molecular weight excluding hydrogens is 306 g/mol. The Hall–Kier alpha value is -2.96. The van der Waals surface area contributed by atoms with Crippen LogP contribution in [0.1, 0.15) is 5.56 Å². The van der Waals surface area contributed by atoms with Crippen molar-refractivity contribution in [3.63, 3.8) is 0 Å². The van der Waals surface area contributed by atoms with Gasteiger partial charge in [-0.15, -0.1) is 0 Å². The van der Waals surface area contributed by atoms with Gasteiger partial charge < -0.3 is 15.3 Å². The number of hydrogen-bond acceptors (Lipinski definition) is 2. The second kappa shape index (κ2) is 7.35. The summed E-state index contributed by atoms with van der Waals surface area (Å²) >= 11 is 0. The van der Waals surface area contributed by atoms with Gasteiger partial charge in [0, 0.05) is 12.6 Å². The Bertz CT molecular complexity index is 708. The van der Waals surface area contributed by atoms with E-state index in [4.69, 9.17) is 5.11 Å². The van der Waals surface area contributed by atoms with Gasteiger partial charge in [-0.2, -0.15) is 0 Å². The van der Waals surface area contributed by atoms with Crippen molar-refractivity contribution in [2.24, 2.45) is 0 Å². The molecule has 2 aromatic rings. The molecule has 0 saturated heterocycles. The van der Waals surface area contributed by atoms with Crippen LogP contribution in [0.2, 0.25) is 0 Å². The molecule has 0 atom stereocenters. The average Bonchev–Trinajstić information content (AvgIpc) is 2.50. The van der Waals surface area contributed by atoms with Gasteiger partial charge in [0.2, 0.25) is 0 Å². The fourth-order valence-electron chi connectivity index (χ4n) is 1.95. The fraction of sp³-hybridized carbons (Fsp3) is 0.125. The van der Waals surface area contributed by atoms with Crippen LogP contribution in [0, 0.1) is 11.6 Å². The molecule has 0 fully saturated rings. The third-order valence-electron chi connectivity index (χ3n) is 3.00. The van der Waals surface area contributed by atoms with Crippen LogP contribution in [-0.2, 0) is 11.3 Å². The Morgan fingerprint density at radius 2 is 1.78 bits per heavy atom. The van der Waals surface area contributed by atoms with Gasteiger partial charge in [0.25, 0.3) is 0 Å². The molecule has 5 nitrogen and oxygen atoms in total. The molecule has 0 aliphatic rings. The first-order valence-electron chi connectivity index (χ1n) is 6.72. The van der Waals surface area contributed by atoms with E-state index in [1.165, 1.54) is 0 Å². The molecule has 0 aliphatic carbocycles. The highest BCUT2D eigenvalue weighted by Crippen LogP contribution is 2.16. The Labute approximate surface area is 131 Å². The number of carboxylic acid groups (broad SMARTS) is 1. The summed E-state index contributed by atoms with van der Waals surface area (Å²) in [5.74, 6) is -2.91. The molecule has 0 aromatic heterocycles. The Balaban J connectivity index is 2.14. The summed E-state index contributed by atoms with van der Waals surface area (Å²) in [5, 5.41) is 11.2. The molecule has 0 radical (unpaired) electrons. The Morgan fingerprint density at radius 3 is 2.39 bits per heavy atom. The van der Waals surface area contributed by atoms with Gasteiger partial charge >= 0.3 is 12.0 Å². The summed E-state index contributed by atoms with van der Waals surface area (Å²) in [5.41, 5.74) is 0.503. The molecule has 0 spiro atoms. The average molecular weight is 320 g/mol. The number of nitrogens with zero attached hydrogens (tertiary/aromatic N) is 1. The molecule has 0 saturated carbocycles. The van der Waals surface area contributed by atoms with Crippen molar-refractivity contribution in [1.29, 1.82) is 0 Å². The normalized spacial score (nSPS) is 10.2. The lowest BCUT2D eigenvalue weighted by Crippen LogP contribution is -2.38. The van der Waals surface area contributed by atoms with E-state index in [1.54, 1.807) is 30.3 Å². The molecule has 2 rings (SSSR count). The van der Waals surface area contributed by atoms with Crippen LogP contribution in [-0.4, -0.2) is 28.6 Å². The van der Waals surface area contributed by atoms with Crippen LogP contribution >= 0.6 is 0 Å². The van der Waals surface area contributed by atoms with Crippen LogP contribution < -0.4 is 5.32 Å². The fourth-order valence-corrected chi connectivity index (χ4v) is 1.95. The summed E-state index contributed by atoms with van der Waals surface area (Å²) in [4.78, 5) is 24.1. The maximum atomic E-state index is 13.6. The summed E-state index contributed by atoms with van der Waals surface area (Å²) in [7, 11) is 0. The first-order valence-corrected chi connectivity index (χ1v) is 6.72. The van der Waals surface area contributed by atoms with Crippen molar-refractivity contribution in [1.82, 2.24) is 4.90 Å². The van der Waals surface area contributed by atoms with Gasteiger partial charge in [-0.05, 0) is 17.7 Å². The van der Waals surface area contributed by atoms with Crippen LogP contribution in [0.3, 0.4) is 0 Å². The SMILES string of the molecule is O=C(O)CN(Cc1ccccc1)C(=O)Nc1ccc(F)cc1F. The number of nitrogens with one attached hydrogen (secondary N) is 1. The van der Waals surface area contributed by atoms with Gasteiger partial charge in [0.05, 0.1) is 5.69 Å². The number of aliphatic carboxylic acids is 1. The summed E-state index contributed by atoms with van der Waals surface area (Å²) in [6.07, 6.45) is 0. The monoisotopic (exact) mass is 320 g/mol. The van der Waals surface area contributed by atoms with Gasteiger partial charge in [-0.1, -0.05) is 30.3 Å². The minimum absolute atomic E-state index is 0.0434. The van der Waals surface area contributed by atoms with Gasteiger partial charge in [-0.3, -0.25) is 4.79 Å². The van der Waals surface area contributed by atoms with Crippen LogP contribution in [0.25, 0.3) is 0 Å². The summed E-state index contributed by atoms with van der Waals surface area (Å²) in [6, 6.07) is 10.7. The predicted molar refractivity (Wildman–Crippen MR) is 79.9 cm³/mol. The standard InChI is InChI=1S/C16H14F2N2O3/c17-12-6-7-14(13(18)8-12)19-16(23)20(10-15(21)22)9-11-4-2-1-3-5-11/h1-8H,9-10H2,(H,19,23)(H,21,22). The first kappa shape index (κ1) is 16.4. The van der Waals surface area contributed by atoms with Crippen LogP contribution in [0.4, 0.5) is 19.3 Å². The zero-order valence-corrected chi connectivity index (χ0v) is 12.0. The van der Waals surface area contributed by atoms with Gasteiger partial charge in [-0.25, -0.2) is 13.6 Å². The maximum Gasteiger partial charge on any atom is 0.323 e. The van der Waals surface area contributed by atoms with Crippen molar-refractivity contribution in [3.05, 3.63) is 65.7 Å². The lowest BCUT2D eigenvalue weighted by molar-refractivity contribution is -0.137. The van der Waals surface area contributed by atoms with E-state index < -0.39 is 30.2 Å². The number of amides is 2. The molecule has 2 aromatic carbocycles. The minimum atomic E-state index is -1.20. The number of rotatable bonds is 5. The zero-order valence-electron chi connectivity index (χ0n) is 12.0. The van der Waals surface area contributed by atoms with E-state index in [9.17, 15) is 18.4 Å². The van der Waals surface area contributed by atoms with Gasteiger partial charge in [0.1, 0.15) is 18.2 Å². The highest BCUT2D eigenvalue weighted by atomic mass is 19.1. The molecule has 7 heteroatoms. The largest absolute Gasteiger partial charge is 0.480 e. The highest BCUT2D eigenvalue weighted by molar-refractivity contribution is 5.91. The van der Waals surface area contributed by atoms with Crippen molar-refractivity contribution < 1.29 is 23.5 Å². The van der Waals surface area contributed by atoms with Crippen LogP contribution in [0.15, 0.2) is 48.5 Å². The molecule has 120 valence electrons. The number of hydrogen-bond donors (Lipinski definition) is 2. The molecule has 0 aliphatic heterocycles. The smallest absolute Gasteiger partial charge is 0.323 e. The lowest BCUT2D eigenvalue weighted by Gasteiger charge is -2.21. The maximum absolute atomic E-state index is 13.6. The highest BCUT2D eigenvalue weighted by Gasteiger charge is 2.18. The molecule has 0 bridgehead atoms. The number of halogens is 2. The van der Waals surface area contributed by atoms with E-state index in [2.05, 4.69) is 5.32 Å². The Morgan fingerprint density at radius 1 is 1.09 bits per heavy atom. The number of anilines is 1. The van der Waals surface area contributed by atoms with Crippen molar-refractivity contribution in [2.75, 3.05) is 11.9 Å². The molecule has 0 unspecified atom stereocenters. The van der Waals surface area contributed by atoms with Gasteiger partial charge in [0.15, 0.2) is 0 Å². The molecule has 2 amide bonds. The van der Waals surface area contributed by atoms with E-state index >= 15 is 0 Å². The molecular formula is C16H14F2N2O3. The third-order valence-corrected chi connectivity index (χ3v) is 3.00. The number of carbonyl (C=O) groups is 2. The van der Waals surface area contributed by atoms with Crippen LogP contribution in [0.5, 0.6) is 0 Å². The number of carboxylic acids is 1. The summed E-state index contributed by atoms with van der Waals surface area (Å²) in [6.45, 7) is -0.509. The van der Waals surface area contributed by atoms with Crippen molar-refractivity contribution in [3.8, 4) is 0 Å². The van der Waals surface area contributed by atoms with E-state index in [0.717, 1.165) is 22.6 Å². The number of carbonyl (C=O) groups excluding carboxylic acids is 1. The molecule has 0 heterocycles. The Kier molecular flexibility index (Phi) is 5.24. The number of benzene rings is 2. The topological polar surface area (TPSA) is 69.6 Å². The van der Waals surface area contributed by atoms with Crippen molar-refractivity contribution >= 4 is 17.7 Å².